The number of nitrogens with zero attached hydrogens (tertiary/aromatic N) is 2. The van der Waals surface area contributed by atoms with Gasteiger partial charge in [-0.1, -0.05) is 95.8 Å². The molecular formula is C35H66N2O2. The molecule has 0 aromatic carbocycles. The van der Waals surface area contributed by atoms with Crippen LogP contribution in [0.5, 0.6) is 0 Å². The van der Waals surface area contributed by atoms with Crippen LogP contribution in [0.1, 0.15) is 138 Å². The molecule has 0 rings (SSSR count). The molecule has 4 heteroatoms. The monoisotopic (exact) mass is 547 g/mol. The van der Waals surface area contributed by atoms with E-state index in [0.717, 1.165) is 58.4 Å². The topological polar surface area (TPSA) is 32.8 Å². The molecule has 0 spiro atoms. The Morgan fingerprint density at radius 3 is 1.28 bits per heavy atom. The van der Waals surface area contributed by atoms with Gasteiger partial charge in [-0.05, 0) is 78.6 Å². The van der Waals surface area contributed by atoms with Gasteiger partial charge in [-0.15, -0.1) is 0 Å². The maximum absolute atomic E-state index is 12.6. The van der Waals surface area contributed by atoms with E-state index in [4.69, 9.17) is 4.74 Å². The third-order valence-corrected chi connectivity index (χ3v) is 6.76. The Labute approximate surface area is 244 Å². The van der Waals surface area contributed by atoms with Crippen LogP contribution in [0.15, 0.2) is 36.5 Å². The van der Waals surface area contributed by atoms with Crippen LogP contribution in [0.25, 0.3) is 0 Å². The smallest absolute Gasteiger partial charge is 0.320 e. The lowest BCUT2D eigenvalue weighted by Gasteiger charge is -2.28. The zero-order chi connectivity index (χ0) is 29.0. The van der Waals surface area contributed by atoms with Crippen molar-refractivity contribution in [1.82, 2.24) is 9.80 Å². The fourth-order valence-corrected chi connectivity index (χ4v) is 4.46. The van der Waals surface area contributed by atoms with Crippen LogP contribution in [0.3, 0.4) is 0 Å². The second kappa shape index (κ2) is 26.8. The van der Waals surface area contributed by atoms with E-state index in [9.17, 15) is 4.79 Å². The predicted octanol–water partition coefficient (Wildman–Crippen LogP) is 9.51. The molecule has 4 nitrogen and oxygen atoms in total. The van der Waals surface area contributed by atoms with Crippen LogP contribution in [-0.4, -0.2) is 60.6 Å². The molecule has 0 N–H and O–H groups in total. The first kappa shape index (κ1) is 37.6. The fraction of sp³-hybridized carbons (Fsp3) is 0.800. The highest BCUT2D eigenvalue weighted by Gasteiger charge is 2.19. The minimum Gasteiger partial charge on any atom is -0.459 e. The van der Waals surface area contributed by atoms with Gasteiger partial charge in [0.25, 0.3) is 0 Å². The number of unbranched alkanes of at least 4 members (excludes halogenated alkanes) is 9. The molecule has 0 aromatic rings. The molecule has 0 atom stereocenters. The van der Waals surface area contributed by atoms with Gasteiger partial charge in [0.05, 0.1) is 6.54 Å². The highest BCUT2D eigenvalue weighted by Crippen LogP contribution is 2.09. The van der Waals surface area contributed by atoms with Crippen molar-refractivity contribution in [3.05, 3.63) is 36.5 Å². The molecule has 0 fully saturated rings. The average Bonchev–Trinajstić information content (AvgIpc) is 2.88. The molecular weight excluding hydrogens is 480 g/mol. The third-order valence-electron chi connectivity index (χ3n) is 6.76. The number of esters is 1. The van der Waals surface area contributed by atoms with Gasteiger partial charge in [-0.2, -0.15) is 0 Å². The summed E-state index contributed by atoms with van der Waals surface area (Å²) in [4.78, 5) is 17.5. The average molecular weight is 547 g/mol. The summed E-state index contributed by atoms with van der Waals surface area (Å²) in [7, 11) is 0. The molecule has 0 radical (unpaired) electrons. The third kappa shape index (κ3) is 28.0. The first-order valence-corrected chi connectivity index (χ1v) is 16.4. The highest BCUT2D eigenvalue weighted by atomic mass is 16.6. The normalized spacial score (nSPS) is 12.7. The summed E-state index contributed by atoms with van der Waals surface area (Å²) in [6.45, 7) is 17.9. The van der Waals surface area contributed by atoms with Gasteiger partial charge < -0.3 is 9.64 Å². The molecule has 0 heterocycles. The molecule has 0 saturated heterocycles. The van der Waals surface area contributed by atoms with Crippen LogP contribution >= 0.6 is 0 Å². The van der Waals surface area contributed by atoms with E-state index in [0.29, 0.717) is 6.54 Å². The maximum atomic E-state index is 12.6. The standard InChI is InChI=1S/C35H66N2O2/c1-7-10-13-16-19-22-25-28-36(29-26-23-20-17-14-11-8-2)31-32-37(33-34(38)39-35(4,5)6)30-27-24-21-18-15-12-9-3/h19-24H,7-18,25-33H2,1-6H3/b22-19-,23-20-,24-21-. The van der Waals surface area contributed by atoms with Gasteiger partial charge in [0.15, 0.2) is 0 Å². The van der Waals surface area contributed by atoms with Crippen molar-refractivity contribution in [3.63, 3.8) is 0 Å². The van der Waals surface area contributed by atoms with E-state index in [2.05, 4.69) is 67.0 Å². The number of allylic oxidation sites excluding steroid dienone is 3. The number of hydrogen-bond donors (Lipinski definition) is 0. The van der Waals surface area contributed by atoms with E-state index in [-0.39, 0.29) is 5.97 Å². The quantitative estimate of drug-likeness (QED) is 0.0614. The summed E-state index contributed by atoms with van der Waals surface area (Å²) in [5.74, 6) is -0.119. The Kier molecular flexibility index (Phi) is 25.9. The largest absolute Gasteiger partial charge is 0.459 e. The van der Waals surface area contributed by atoms with Gasteiger partial charge >= 0.3 is 5.97 Å². The molecule has 0 aliphatic heterocycles. The predicted molar refractivity (Wildman–Crippen MR) is 172 cm³/mol. The van der Waals surface area contributed by atoms with E-state index in [1.807, 2.05) is 20.8 Å². The number of carbonyl (C=O) groups is 1. The number of hydrogen-bond acceptors (Lipinski definition) is 4. The van der Waals surface area contributed by atoms with Crippen LogP contribution in [0, 0.1) is 0 Å². The van der Waals surface area contributed by atoms with Crippen molar-refractivity contribution in [1.29, 1.82) is 0 Å². The summed E-state index contributed by atoms with van der Waals surface area (Å²) in [5, 5.41) is 0. The van der Waals surface area contributed by atoms with Gasteiger partial charge in [0.1, 0.15) is 5.60 Å². The van der Waals surface area contributed by atoms with Gasteiger partial charge in [0.2, 0.25) is 0 Å². The van der Waals surface area contributed by atoms with Crippen molar-refractivity contribution in [2.45, 2.75) is 143 Å². The summed E-state index contributed by atoms with van der Waals surface area (Å²) < 4.78 is 5.66. The van der Waals surface area contributed by atoms with Crippen LogP contribution in [0.2, 0.25) is 0 Å². The summed E-state index contributed by atoms with van der Waals surface area (Å²) >= 11 is 0. The minimum atomic E-state index is -0.444. The number of ether oxygens (including phenoxy) is 1. The van der Waals surface area contributed by atoms with Crippen molar-refractivity contribution in [2.75, 3.05) is 39.3 Å². The van der Waals surface area contributed by atoms with Crippen LogP contribution in [-0.2, 0) is 9.53 Å². The summed E-state index contributed by atoms with van der Waals surface area (Å²) in [6, 6.07) is 0. The van der Waals surface area contributed by atoms with Gasteiger partial charge in [-0.25, -0.2) is 0 Å². The zero-order valence-corrected chi connectivity index (χ0v) is 27.0. The molecule has 0 saturated carbocycles. The summed E-state index contributed by atoms with van der Waals surface area (Å²) in [6.07, 6.45) is 32.4. The highest BCUT2D eigenvalue weighted by molar-refractivity contribution is 5.72. The second-order valence-electron chi connectivity index (χ2n) is 12.0. The Balaban J connectivity index is 4.96. The number of carbonyl (C=O) groups excluding carboxylic acids is 1. The van der Waals surface area contributed by atoms with Gasteiger partial charge in [0, 0.05) is 32.7 Å². The Morgan fingerprint density at radius 1 is 0.538 bits per heavy atom. The molecule has 0 aromatic heterocycles. The molecule has 228 valence electrons. The van der Waals surface area contributed by atoms with E-state index in [1.54, 1.807) is 0 Å². The molecule has 0 aliphatic rings. The van der Waals surface area contributed by atoms with Crippen LogP contribution < -0.4 is 0 Å². The van der Waals surface area contributed by atoms with Crippen LogP contribution in [0.4, 0.5) is 0 Å². The van der Waals surface area contributed by atoms with E-state index < -0.39 is 5.60 Å². The first-order valence-electron chi connectivity index (χ1n) is 16.4. The molecule has 0 unspecified atom stereocenters. The maximum Gasteiger partial charge on any atom is 0.320 e. The van der Waals surface area contributed by atoms with Crippen molar-refractivity contribution in [2.24, 2.45) is 0 Å². The minimum absolute atomic E-state index is 0.119. The Bertz CT molecular complexity index is 609. The van der Waals surface area contributed by atoms with E-state index >= 15 is 0 Å². The van der Waals surface area contributed by atoms with Crippen molar-refractivity contribution >= 4 is 5.97 Å². The Morgan fingerprint density at radius 2 is 0.897 bits per heavy atom. The van der Waals surface area contributed by atoms with Gasteiger partial charge in [-0.3, -0.25) is 9.69 Å². The fourth-order valence-electron chi connectivity index (χ4n) is 4.46. The van der Waals surface area contributed by atoms with Crippen molar-refractivity contribution in [3.8, 4) is 0 Å². The second-order valence-corrected chi connectivity index (χ2v) is 12.0. The SMILES string of the molecule is CCCCC/C=C\CCN(CC/C=C\CCCCC)CCN(CC/C=C\CCCCC)CC(=O)OC(C)(C)C. The Hall–Kier alpha value is -1.39. The van der Waals surface area contributed by atoms with E-state index in [1.165, 1.54) is 70.6 Å². The lowest BCUT2D eigenvalue weighted by Crippen LogP contribution is -2.40. The lowest BCUT2D eigenvalue weighted by atomic mass is 10.2. The summed E-state index contributed by atoms with van der Waals surface area (Å²) in [5.41, 5.74) is -0.444. The molecule has 0 aliphatic carbocycles. The molecule has 0 bridgehead atoms. The number of rotatable bonds is 26. The lowest BCUT2D eigenvalue weighted by molar-refractivity contribution is -0.156. The molecule has 39 heavy (non-hydrogen) atoms. The first-order chi connectivity index (χ1) is 18.8. The van der Waals surface area contributed by atoms with Crippen molar-refractivity contribution < 1.29 is 9.53 Å². The molecule has 0 amide bonds. The zero-order valence-electron chi connectivity index (χ0n) is 27.0.